The molecule has 0 saturated heterocycles. The fourth-order valence-electron chi connectivity index (χ4n) is 2.57. The van der Waals surface area contributed by atoms with Crippen LogP contribution in [0.3, 0.4) is 0 Å². The lowest BCUT2D eigenvalue weighted by atomic mass is 9.91. The van der Waals surface area contributed by atoms with Crippen molar-refractivity contribution in [1.82, 2.24) is 0 Å². The van der Waals surface area contributed by atoms with Crippen LogP contribution in [0.5, 0.6) is 0 Å². The molecule has 0 amide bonds. The van der Waals surface area contributed by atoms with Gasteiger partial charge in [0.1, 0.15) is 0 Å². The van der Waals surface area contributed by atoms with Gasteiger partial charge in [0.05, 0.1) is 0 Å². The third-order valence-corrected chi connectivity index (χ3v) is 3.57. The van der Waals surface area contributed by atoms with E-state index in [9.17, 15) is 14.7 Å². The molecule has 0 unspecified atom stereocenters. The molecule has 1 atom stereocenters. The van der Waals surface area contributed by atoms with Crippen LogP contribution in [0, 0.1) is 13.8 Å². The van der Waals surface area contributed by atoms with Gasteiger partial charge in [-0.25, -0.2) is 4.79 Å². The van der Waals surface area contributed by atoms with Crippen molar-refractivity contribution in [3.05, 3.63) is 70.3 Å². The van der Waals surface area contributed by atoms with Gasteiger partial charge >= 0.3 is 5.97 Å². The molecule has 0 spiro atoms. The Balaban J connectivity index is 2.35. The first-order valence-electron chi connectivity index (χ1n) is 7.01. The van der Waals surface area contributed by atoms with Gasteiger partial charge in [-0.1, -0.05) is 42.5 Å². The highest BCUT2D eigenvalue weighted by Crippen LogP contribution is 2.21. The molecule has 2 rings (SSSR count). The molecule has 22 heavy (non-hydrogen) atoms. The molecule has 0 aliphatic heterocycles. The molecule has 4 heteroatoms. The summed E-state index contributed by atoms with van der Waals surface area (Å²) in [5.41, 5.74) is 3.50. The summed E-state index contributed by atoms with van der Waals surface area (Å²) in [5.74, 6) is -1.30. The van der Waals surface area contributed by atoms with Gasteiger partial charge in [0.15, 0.2) is 11.9 Å². The fourth-order valence-corrected chi connectivity index (χ4v) is 2.57. The Labute approximate surface area is 129 Å². The average Bonchev–Trinajstić information content (AvgIpc) is 2.47. The third-order valence-electron chi connectivity index (χ3n) is 3.57. The first kappa shape index (κ1) is 15.9. The number of rotatable bonds is 5. The molecule has 2 aromatic carbocycles. The number of carbonyl (C=O) groups excluding carboxylic acids is 1. The molecule has 2 aromatic rings. The van der Waals surface area contributed by atoms with E-state index in [0.717, 1.165) is 11.1 Å². The van der Waals surface area contributed by atoms with E-state index in [0.29, 0.717) is 16.7 Å². The SMILES string of the molecule is Cc1cc(C[C@@H](O)C(=O)O)cc(C)c1C(=O)c1ccccc1. The summed E-state index contributed by atoms with van der Waals surface area (Å²) in [5, 5.41) is 18.2. The van der Waals surface area contributed by atoms with Crippen LogP contribution in [0.25, 0.3) is 0 Å². The second-order valence-electron chi connectivity index (χ2n) is 5.36. The number of aliphatic hydroxyl groups excluding tert-OH is 1. The maximum Gasteiger partial charge on any atom is 0.332 e. The number of benzene rings is 2. The van der Waals surface area contributed by atoms with Crippen LogP contribution in [-0.2, 0) is 11.2 Å². The van der Waals surface area contributed by atoms with Gasteiger partial charge in [-0.2, -0.15) is 0 Å². The van der Waals surface area contributed by atoms with Crippen molar-refractivity contribution in [2.75, 3.05) is 0 Å². The summed E-state index contributed by atoms with van der Waals surface area (Å²) in [6, 6.07) is 12.5. The van der Waals surface area contributed by atoms with Crippen LogP contribution in [0.15, 0.2) is 42.5 Å². The second-order valence-corrected chi connectivity index (χ2v) is 5.36. The Morgan fingerprint density at radius 3 is 2.09 bits per heavy atom. The predicted octanol–water partition coefficient (Wildman–Crippen LogP) is 2.52. The molecule has 0 saturated carbocycles. The fraction of sp³-hybridized carbons (Fsp3) is 0.222. The van der Waals surface area contributed by atoms with Crippen LogP contribution in [0.2, 0.25) is 0 Å². The Morgan fingerprint density at radius 2 is 1.59 bits per heavy atom. The smallest absolute Gasteiger partial charge is 0.332 e. The number of hydrogen-bond donors (Lipinski definition) is 2. The number of carboxylic acids is 1. The third kappa shape index (κ3) is 3.40. The molecule has 2 N–H and O–H groups in total. The van der Waals surface area contributed by atoms with Crippen molar-refractivity contribution in [3.63, 3.8) is 0 Å². The topological polar surface area (TPSA) is 74.6 Å². The molecule has 0 bridgehead atoms. The van der Waals surface area contributed by atoms with Crippen LogP contribution in [0.1, 0.15) is 32.6 Å². The number of ketones is 1. The molecule has 0 aliphatic carbocycles. The van der Waals surface area contributed by atoms with Gasteiger partial charge in [0, 0.05) is 17.5 Å². The van der Waals surface area contributed by atoms with E-state index < -0.39 is 12.1 Å². The van der Waals surface area contributed by atoms with Crippen molar-refractivity contribution in [2.24, 2.45) is 0 Å². The van der Waals surface area contributed by atoms with E-state index in [4.69, 9.17) is 5.11 Å². The van der Waals surface area contributed by atoms with Gasteiger partial charge in [0.25, 0.3) is 0 Å². The van der Waals surface area contributed by atoms with Crippen LogP contribution < -0.4 is 0 Å². The standard InChI is InChI=1S/C18H18O4/c1-11-8-13(10-15(19)18(21)22)9-12(2)16(11)17(20)14-6-4-3-5-7-14/h3-9,15,19H,10H2,1-2H3,(H,21,22)/t15-/m1/s1. The van der Waals surface area contributed by atoms with Crippen molar-refractivity contribution >= 4 is 11.8 Å². The monoisotopic (exact) mass is 298 g/mol. The molecular formula is C18H18O4. The summed E-state index contributed by atoms with van der Waals surface area (Å²) < 4.78 is 0. The van der Waals surface area contributed by atoms with E-state index in [-0.39, 0.29) is 12.2 Å². The lowest BCUT2D eigenvalue weighted by Gasteiger charge is -2.13. The van der Waals surface area contributed by atoms with Gasteiger partial charge in [-0.05, 0) is 30.5 Å². The van der Waals surface area contributed by atoms with Crippen LogP contribution in [0.4, 0.5) is 0 Å². The molecular weight excluding hydrogens is 280 g/mol. The molecule has 4 nitrogen and oxygen atoms in total. The zero-order valence-electron chi connectivity index (χ0n) is 12.5. The molecule has 0 fully saturated rings. The van der Waals surface area contributed by atoms with Gasteiger partial charge in [-0.15, -0.1) is 0 Å². The Bertz CT molecular complexity index is 681. The average molecular weight is 298 g/mol. The van der Waals surface area contributed by atoms with Crippen molar-refractivity contribution in [1.29, 1.82) is 0 Å². The van der Waals surface area contributed by atoms with Crippen LogP contribution >= 0.6 is 0 Å². The lowest BCUT2D eigenvalue weighted by Crippen LogP contribution is -2.22. The number of aliphatic carboxylic acids is 1. The van der Waals surface area contributed by atoms with E-state index >= 15 is 0 Å². The minimum absolute atomic E-state index is 0.0246. The minimum Gasteiger partial charge on any atom is -0.479 e. The zero-order chi connectivity index (χ0) is 16.3. The Hall–Kier alpha value is -2.46. The predicted molar refractivity (Wildman–Crippen MR) is 83.1 cm³/mol. The normalized spacial score (nSPS) is 12.0. The number of carboxylic acid groups (broad SMARTS) is 1. The second kappa shape index (κ2) is 6.54. The maximum absolute atomic E-state index is 12.6. The highest BCUT2D eigenvalue weighted by atomic mass is 16.4. The quantitative estimate of drug-likeness (QED) is 0.832. The van der Waals surface area contributed by atoms with Gasteiger partial charge < -0.3 is 10.2 Å². The Morgan fingerprint density at radius 1 is 1.05 bits per heavy atom. The Kier molecular flexibility index (Phi) is 4.73. The van der Waals surface area contributed by atoms with E-state index in [1.165, 1.54) is 0 Å². The summed E-state index contributed by atoms with van der Waals surface area (Å²) in [6.07, 6.45) is -1.41. The number of hydrogen-bond acceptors (Lipinski definition) is 3. The van der Waals surface area contributed by atoms with E-state index in [1.54, 1.807) is 24.3 Å². The number of aliphatic hydroxyl groups is 1. The first-order chi connectivity index (χ1) is 10.4. The molecule has 0 aliphatic rings. The largest absolute Gasteiger partial charge is 0.479 e. The van der Waals surface area contributed by atoms with Gasteiger partial charge in [-0.3, -0.25) is 4.79 Å². The number of carbonyl (C=O) groups is 2. The molecule has 114 valence electrons. The first-order valence-corrected chi connectivity index (χ1v) is 7.01. The van der Waals surface area contributed by atoms with Crippen LogP contribution in [-0.4, -0.2) is 28.1 Å². The van der Waals surface area contributed by atoms with Gasteiger partial charge in [0.2, 0.25) is 0 Å². The number of aryl methyl sites for hydroxylation is 2. The summed E-state index contributed by atoms with van der Waals surface area (Å²) in [6.45, 7) is 3.64. The van der Waals surface area contributed by atoms with Crippen molar-refractivity contribution < 1.29 is 19.8 Å². The minimum atomic E-state index is -1.44. The molecule has 0 heterocycles. The molecule has 0 aromatic heterocycles. The molecule has 0 radical (unpaired) electrons. The maximum atomic E-state index is 12.6. The highest BCUT2D eigenvalue weighted by Gasteiger charge is 2.18. The lowest BCUT2D eigenvalue weighted by molar-refractivity contribution is -0.146. The summed E-state index contributed by atoms with van der Waals surface area (Å²) in [7, 11) is 0. The van der Waals surface area contributed by atoms with Crippen molar-refractivity contribution in [2.45, 2.75) is 26.4 Å². The van der Waals surface area contributed by atoms with Crippen molar-refractivity contribution in [3.8, 4) is 0 Å². The highest BCUT2D eigenvalue weighted by molar-refractivity contribution is 6.10. The summed E-state index contributed by atoms with van der Waals surface area (Å²) >= 11 is 0. The van der Waals surface area contributed by atoms with E-state index in [2.05, 4.69) is 0 Å². The summed E-state index contributed by atoms with van der Waals surface area (Å²) in [4.78, 5) is 23.3. The van der Waals surface area contributed by atoms with E-state index in [1.807, 2.05) is 32.0 Å². The zero-order valence-corrected chi connectivity index (χ0v) is 12.5.